The highest BCUT2D eigenvalue weighted by Crippen LogP contribution is 2.69. The molecule has 3 aliphatic heterocycles. The molecule has 1 spiro atoms. The molecule has 1 N–H and O–H groups in total. The van der Waals surface area contributed by atoms with E-state index in [0.717, 1.165) is 6.42 Å². The number of benzene rings is 1. The number of carbonyl (C=O) groups is 3. The van der Waals surface area contributed by atoms with Crippen molar-refractivity contribution in [3.05, 3.63) is 36.9 Å². The quantitative estimate of drug-likeness (QED) is 0.377. The smallest absolute Gasteiger partial charge is 0.310 e. The lowest BCUT2D eigenvalue weighted by Crippen LogP contribution is -2.59. The van der Waals surface area contributed by atoms with Gasteiger partial charge in [0.05, 0.1) is 42.9 Å². The van der Waals surface area contributed by atoms with E-state index in [2.05, 4.69) is 13.5 Å². The van der Waals surface area contributed by atoms with E-state index in [0.29, 0.717) is 17.9 Å². The van der Waals surface area contributed by atoms with Crippen molar-refractivity contribution in [2.24, 2.45) is 17.8 Å². The van der Waals surface area contributed by atoms with Crippen LogP contribution in [0.5, 0.6) is 5.75 Å². The second kappa shape index (κ2) is 10.5. The van der Waals surface area contributed by atoms with E-state index < -0.39 is 28.7 Å². The van der Waals surface area contributed by atoms with Crippen LogP contribution in [0.15, 0.2) is 36.9 Å². The SMILES string of the molecule is C=CCN(C(=O)C1N([C@@H](CC)CO)C(=O)[C@@H]2[C@H](C(=O)OCC)[C@@H]3CC(C)C12S3)c1ccc(OC)cc1. The average Bonchev–Trinajstić information content (AvgIpc) is 3.47. The zero-order valence-electron chi connectivity index (χ0n) is 21.4. The number of nitrogens with zero attached hydrogens (tertiary/aromatic N) is 2. The zero-order valence-corrected chi connectivity index (χ0v) is 22.2. The molecule has 3 aliphatic rings. The van der Waals surface area contributed by atoms with Gasteiger partial charge in [-0.1, -0.05) is 19.9 Å². The molecule has 7 atom stereocenters. The Morgan fingerprint density at radius 3 is 2.58 bits per heavy atom. The monoisotopic (exact) mass is 516 g/mol. The fourth-order valence-corrected chi connectivity index (χ4v) is 8.80. The number of fused-ring (bicyclic) bond motifs is 1. The van der Waals surface area contributed by atoms with Crippen LogP contribution >= 0.6 is 11.8 Å². The fraction of sp³-hybridized carbons (Fsp3) is 0.593. The molecule has 1 aromatic carbocycles. The van der Waals surface area contributed by atoms with Gasteiger partial charge in [0.1, 0.15) is 11.8 Å². The normalized spacial score (nSPS) is 31.2. The van der Waals surface area contributed by atoms with Gasteiger partial charge < -0.3 is 24.4 Å². The van der Waals surface area contributed by atoms with Crippen LogP contribution in [0.3, 0.4) is 0 Å². The summed E-state index contributed by atoms with van der Waals surface area (Å²) < 4.78 is 9.90. The zero-order chi connectivity index (χ0) is 26.2. The third-order valence-electron chi connectivity index (χ3n) is 8.01. The van der Waals surface area contributed by atoms with Crippen LogP contribution in [0, 0.1) is 17.8 Å². The van der Waals surface area contributed by atoms with Crippen LogP contribution in [0.2, 0.25) is 0 Å². The van der Waals surface area contributed by atoms with Gasteiger partial charge in [-0.05, 0) is 49.9 Å². The lowest BCUT2D eigenvalue weighted by atomic mass is 9.66. The molecule has 4 rings (SSSR count). The van der Waals surface area contributed by atoms with Gasteiger partial charge in [0, 0.05) is 17.5 Å². The van der Waals surface area contributed by atoms with E-state index in [-0.39, 0.29) is 48.7 Å². The van der Waals surface area contributed by atoms with Crippen LogP contribution in [0.25, 0.3) is 0 Å². The van der Waals surface area contributed by atoms with Gasteiger partial charge in [0.15, 0.2) is 0 Å². The number of hydrogen-bond acceptors (Lipinski definition) is 7. The Kier molecular flexibility index (Phi) is 7.71. The molecule has 0 saturated carbocycles. The number of aliphatic hydroxyl groups is 1. The van der Waals surface area contributed by atoms with Gasteiger partial charge >= 0.3 is 5.97 Å². The van der Waals surface area contributed by atoms with Crippen molar-refractivity contribution in [2.75, 3.05) is 31.8 Å². The Labute approximate surface area is 217 Å². The number of anilines is 1. The lowest BCUT2D eigenvalue weighted by Gasteiger charge is -2.42. The molecule has 196 valence electrons. The second-order valence-corrected chi connectivity index (χ2v) is 11.3. The maximum Gasteiger partial charge on any atom is 0.310 e. The van der Waals surface area contributed by atoms with Gasteiger partial charge in [0.25, 0.3) is 5.91 Å². The first-order valence-electron chi connectivity index (χ1n) is 12.6. The summed E-state index contributed by atoms with van der Waals surface area (Å²) in [7, 11) is 1.58. The molecule has 0 aliphatic carbocycles. The van der Waals surface area contributed by atoms with Gasteiger partial charge in [-0.3, -0.25) is 14.4 Å². The minimum Gasteiger partial charge on any atom is -0.497 e. The number of esters is 1. The highest BCUT2D eigenvalue weighted by Gasteiger charge is 2.77. The van der Waals surface area contributed by atoms with E-state index in [1.54, 1.807) is 53.8 Å². The molecule has 0 radical (unpaired) electrons. The van der Waals surface area contributed by atoms with Gasteiger partial charge in [-0.2, -0.15) is 0 Å². The number of rotatable bonds is 10. The van der Waals surface area contributed by atoms with Crippen molar-refractivity contribution in [3.63, 3.8) is 0 Å². The highest BCUT2D eigenvalue weighted by molar-refractivity contribution is 8.02. The van der Waals surface area contributed by atoms with Crippen molar-refractivity contribution >= 4 is 35.2 Å². The predicted molar refractivity (Wildman–Crippen MR) is 139 cm³/mol. The molecule has 3 saturated heterocycles. The topological polar surface area (TPSA) is 96.4 Å². The maximum absolute atomic E-state index is 14.5. The number of likely N-dealkylation sites (tertiary alicyclic amines) is 1. The number of ether oxygens (including phenoxy) is 2. The number of thioether (sulfide) groups is 1. The lowest BCUT2D eigenvalue weighted by molar-refractivity contribution is -0.154. The summed E-state index contributed by atoms with van der Waals surface area (Å²) in [6.45, 7) is 9.80. The highest BCUT2D eigenvalue weighted by atomic mass is 32.2. The molecule has 2 amide bonds. The summed E-state index contributed by atoms with van der Waals surface area (Å²) in [6.07, 6.45) is 2.88. The first-order chi connectivity index (χ1) is 17.3. The summed E-state index contributed by atoms with van der Waals surface area (Å²) in [5, 5.41) is 10.2. The number of hydrogen-bond donors (Lipinski definition) is 1. The molecule has 0 aromatic heterocycles. The Bertz CT molecular complexity index is 1010. The molecule has 8 nitrogen and oxygen atoms in total. The largest absolute Gasteiger partial charge is 0.497 e. The van der Waals surface area contributed by atoms with Crippen LogP contribution in [0.1, 0.15) is 33.6 Å². The number of amides is 2. The fourth-order valence-electron chi connectivity index (χ4n) is 6.41. The van der Waals surface area contributed by atoms with Crippen LogP contribution in [-0.2, 0) is 19.1 Å². The Balaban J connectivity index is 1.83. The van der Waals surface area contributed by atoms with Crippen LogP contribution in [-0.4, -0.2) is 76.7 Å². The van der Waals surface area contributed by atoms with Gasteiger partial charge in [-0.15, -0.1) is 18.3 Å². The first-order valence-corrected chi connectivity index (χ1v) is 13.5. The van der Waals surface area contributed by atoms with Crippen LogP contribution < -0.4 is 9.64 Å². The van der Waals surface area contributed by atoms with Crippen LogP contribution in [0.4, 0.5) is 5.69 Å². The van der Waals surface area contributed by atoms with Gasteiger partial charge in [0.2, 0.25) is 5.91 Å². The minimum absolute atomic E-state index is 0.0312. The van der Waals surface area contributed by atoms with Crippen molar-refractivity contribution in [1.82, 2.24) is 4.90 Å². The molecule has 1 aromatic rings. The molecule has 3 unspecified atom stereocenters. The standard InChI is InChI=1S/C27H36N2O6S/c1-6-13-28(18-9-11-19(34-5)12-10-18)25(32)23-27-16(4)14-20(36-27)21(26(33)35-8-3)22(27)24(31)29(23)17(7-2)15-30/h6,9-12,16-17,20-23,30H,1,7-8,13-15H2,2-5H3/t16?,17-,20-,21+,22-,23?,27?/m0/s1. The van der Waals surface area contributed by atoms with E-state index in [1.165, 1.54) is 0 Å². The van der Waals surface area contributed by atoms with Crippen molar-refractivity contribution in [3.8, 4) is 5.75 Å². The van der Waals surface area contributed by atoms with Crippen molar-refractivity contribution < 1.29 is 29.0 Å². The Morgan fingerprint density at radius 1 is 1.33 bits per heavy atom. The predicted octanol–water partition coefficient (Wildman–Crippen LogP) is 2.89. The molecule has 3 fully saturated rings. The Hall–Kier alpha value is -2.52. The number of aliphatic hydroxyl groups excluding tert-OH is 1. The molecule has 36 heavy (non-hydrogen) atoms. The average molecular weight is 517 g/mol. The van der Waals surface area contributed by atoms with Crippen molar-refractivity contribution in [1.29, 1.82) is 0 Å². The summed E-state index contributed by atoms with van der Waals surface area (Å²) in [5.74, 6) is -1.39. The van der Waals surface area contributed by atoms with E-state index >= 15 is 0 Å². The molecule has 3 heterocycles. The summed E-state index contributed by atoms with van der Waals surface area (Å²) in [6, 6.07) is 5.85. The summed E-state index contributed by atoms with van der Waals surface area (Å²) >= 11 is 1.60. The van der Waals surface area contributed by atoms with E-state index in [1.807, 2.05) is 19.1 Å². The van der Waals surface area contributed by atoms with Crippen molar-refractivity contribution in [2.45, 2.75) is 55.7 Å². The number of carbonyl (C=O) groups excluding carboxylic acids is 3. The molecular weight excluding hydrogens is 480 g/mol. The van der Waals surface area contributed by atoms with Gasteiger partial charge in [-0.25, -0.2) is 0 Å². The number of methoxy groups -OCH3 is 1. The maximum atomic E-state index is 14.5. The second-order valence-electron chi connectivity index (χ2n) is 9.73. The van der Waals surface area contributed by atoms with E-state index in [9.17, 15) is 19.5 Å². The van der Waals surface area contributed by atoms with E-state index in [4.69, 9.17) is 9.47 Å². The Morgan fingerprint density at radius 2 is 2.03 bits per heavy atom. The molecule has 9 heteroatoms. The third kappa shape index (κ3) is 3.91. The molecule has 2 bridgehead atoms. The first kappa shape index (κ1) is 26.5. The molecular formula is C27H36N2O6S. The summed E-state index contributed by atoms with van der Waals surface area (Å²) in [4.78, 5) is 44.9. The minimum atomic E-state index is -0.821. The third-order valence-corrected chi connectivity index (χ3v) is 10.1. The summed E-state index contributed by atoms with van der Waals surface area (Å²) in [5.41, 5.74) is 0.664.